The smallest absolute Gasteiger partial charge is 0.478 e. The molecule has 1 unspecified atom stereocenters. The minimum Gasteiger partial charge on any atom is -0.478 e. The lowest BCUT2D eigenvalue weighted by Crippen LogP contribution is -2.44. The highest BCUT2D eigenvalue weighted by molar-refractivity contribution is 9.10. The lowest BCUT2D eigenvalue weighted by molar-refractivity contribution is -0.143. The van der Waals surface area contributed by atoms with Crippen molar-refractivity contribution in [1.82, 2.24) is 14.7 Å². The van der Waals surface area contributed by atoms with Gasteiger partial charge < -0.3 is 53.5 Å². The Bertz CT molecular complexity index is 4130. The Morgan fingerprint density at radius 3 is 0.991 bits per heavy atom. The molecule has 6 aromatic rings. The van der Waals surface area contributed by atoms with Crippen LogP contribution >= 0.6 is 15.9 Å². The largest absolute Gasteiger partial charge is 0.494 e. The number of ether oxygens (including phenoxy) is 3. The van der Waals surface area contributed by atoms with E-state index in [2.05, 4.69) is 67.9 Å². The number of benzene rings is 6. The normalized spacial score (nSPS) is 24.3. The molecule has 0 radical (unpaired) electrons. The topological polar surface area (TPSA) is 219 Å². The first-order valence-corrected chi connectivity index (χ1v) is 38.8. The molecule has 3 spiro atoms. The quantitative estimate of drug-likeness (QED) is 0.0644. The maximum atomic E-state index is 13.5. The average molecular weight is 1570 g/mol. The fourth-order valence-electron chi connectivity index (χ4n) is 17.3. The van der Waals surface area contributed by atoms with Gasteiger partial charge in [0.1, 0.15) is 18.3 Å². The Morgan fingerprint density at radius 2 is 0.716 bits per heavy atom. The third-order valence-corrected chi connectivity index (χ3v) is 25.7. The Kier molecular flexibility index (Phi) is 23.5. The van der Waals surface area contributed by atoms with Crippen LogP contribution in [-0.2, 0) is 37.9 Å². The minimum atomic E-state index is -2.68. The van der Waals surface area contributed by atoms with Crippen LogP contribution in [-0.4, -0.2) is 161 Å². The number of alkyl halides is 6. The SMILES string of the molecule is CC1(C)OB(c2ccc(C3CC34CCN(C(=O)[C@H]3CCCO3)CC4)cc2)OC1(C)C.O=C(O)c1ccc(C(F)F)c(-c2ccc([C@@H]3CC34CCN(C(=O)[C@H]3CCCO3)CC4)cc2)c1.O=C(O)c1ccc(C(F)F)c(-c2ccc([C@H]3CC34CCN(C(=O)[C@H]3CCCO3)CC4)cc2)c1.O=C(O)c1ccc(C(F)F)c(Br)c1. The zero-order chi connectivity index (χ0) is 77.5. The highest BCUT2D eigenvalue weighted by Gasteiger charge is 2.59. The molecule has 6 aromatic carbocycles. The fraction of sp³-hybridized carbons (Fsp3) is 0.500. The van der Waals surface area contributed by atoms with Crippen LogP contribution in [0.25, 0.3) is 22.3 Å². The first-order valence-electron chi connectivity index (χ1n) is 38.0. The van der Waals surface area contributed by atoms with Crippen LogP contribution in [0.3, 0.4) is 0 Å². The predicted octanol–water partition coefficient (Wildman–Crippen LogP) is 16.9. The molecular weight excluding hydrogens is 1480 g/mol. The predicted molar refractivity (Wildman–Crippen MR) is 400 cm³/mol. The molecule has 6 atom stereocenters. The van der Waals surface area contributed by atoms with E-state index in [1.165, 1.54) is 59.5 Å². The number of carbonyl (C=O) groups is 6. The summed E-state index contributed by atoms with van der Waals surface area (Å²) >= 11 is 2.87. The zero-order valence-electron chi connectivity index (χ0n) is 61.7. The number of hydrogen-bond donors (Lipinski definition) is 3. The van der Waals surface area contributed by atoms with Gasteiger partial charge in [0.05, 0.1) is 27.9 Å². The van der Waals surface area contributed by atoms with Crippen molar-refractivity contribution in [2.75, 3.05) is 59.1 Å². The van der Waals surface area contributed by atoms with Crippen molar-refractivity contribution < 1.29 is 93.9 Å². The van der Waals surface area contributed by atoms with Gasteiger partial charge in [-0.2, -0.15) is 0 Å². The van der Waals surface area contributed by atoms with E-state index in [1.807, 2.05) is 63.2 Å². The Balaban J connectivity index is 0.000000133. The van der Waals surface area contributed by atoms with Crippen molar-refractivity contribution in [2.45, 2.75) is 191 Å². The van der Waals surface area contributed by atoms with Crippen molar-refractivity contribution in [3.8, 4) is 22.3 Å². The van der Waals surface area contributed by atoms with Crippen molar-refractivity contribution in [3.63, 3.8) is 0 Å². The van der Waals surface area contributed by atoms with Crippen LogP contribution in [0.5, 0.6) is 0 Å². The summed E-state index contributed by atoms with van der Waals surface area (Å²) in [7, 11) is -0.302. The van der Waals surface area contributed by atoms with Crippen LogP contribution in [0.1, 0.15) is 225 Å². The van der Waals surface area contributed by atoms with Gasteiger partial charge in [0.2, 0.25) is 0 Å². The van der Waals surface area contributed by atoms with E-state index in [0.29, 0.717) is 47.5 Å². The molecule has 580 valence electrons. The number of aromatic carboxylic acids is 3. The summed E-state index contributed by atoms with van der Waals surface area (Å²) in [4.78, 5) is 76.8. The van der Waals surface area contributed by atoms with Crippen molar-refractivity contribution in [2.24, 2.45) is 16.2 Å². The average Bonchev–Trinajstić information content (AvgIpc) is 1.59. The lowest BCUT2D eigenvalue weighted by Gasteiger charge is -2.34. The molecule has 16 rings (SSSR count). The van der Waals surface area contributed by atoms with E-state index in [0.717, 1.165) is 159 Å². The molecule has 10 aliphatic rings. The van der Waals surface area contributed by atoms with Gasteiger partial charge in [-0.15, -0.1) is 0 Å². The molecule has 109 heavy (non-hydrogen) atoms. The van der Waals surface area contributed by atoms with Crippen molar-refractivity contribution in [1.29, 1.82) is 0 Å². The maximum absolute atomic E-state index is 13.5. The summed E-state index contributed by atoms with van der Waals surface area (Å²) in [5, 5.41) is 27.0. The Labute approximate surface area is 639 Å². The first-order chi connectivity index (χ1) is 52.0. The summed E-state index contributed by atoms with van der Waals surface area (Å²) < 4.78 is 108. The molecule has 3 saturated carbocycles. The summed E-state index contributed by atoms with van der Waals surface area (Å²) in [5.41, 5.74) is 6.13. The zero-order valence-corrected chi connectivity index (χ0v) is 63.3. The second kappa shape index (κ2) is 32.4. The summed E-state index contributed by atoms with van der Waals surface area (Å²) in [6.07, 6.45) is 6.22. The van der Waals surface area contributed by atoms with E-state index in [-0.39, 0.29) is 114 Å². The van der Waals surface area contributed by atoms with Crippen LogP contribution < -0.4 is 5.46 Å². The van der Waals surface area contributed by atoms with Gasteiger partial charge >= 0.3 is 25.0 Å². The summed E-state index contributed by atoms with van der Waals surface area (Å²) in [5.74, 6) is -1.52. The molecule has 0 bridgehead atoms. The fourth-order valence-corrected chi connectivity index (χ4v) is 17.9. The van der Waals surface area contributed by atoms with Gasteiger partial charge in [-0.25, -0.2) is 40.7 Å². The van der Waals surface area contributed by atoms with Gasteiger partial charge in [0.15, 0.2) is 0 Å². The molecular formula is C84H93BBrF6N3O14. The van der Waals surface area contributed by atoms with E-state index < -0.39 is 37.2 Å². The monoisotopic (exact) mass is 1570 g/mol. The molecule has 0 aromatic heterocycles. The van der Waals surface area contributed by atoms with E-state index in [9.17, 15) is 65.3 Å². The Hall–Kier alpha value is -7.94. The summed E-state index contributed by atoms with van der Waals surface area (Å²) in [6.45, 7) is 15.2. The molecule has 25 heteroatoms. The van der Waals surface area contributed by atoms with Crippen LogP contribution in [0.2, 0.25) is 0 Å². The molecule has 7 saturated heterocycles. The number of carbonyl (C=O) groups excluding carboxylic acids is 3. The number of nitrogens with zero attached hydrogens (tertiary/aromatic N) is 3. The highest BCUT2D eigenvalue weighted by atomic mass is 79.9. The molecule has 3 N–H and O–H groups in total. The Morgan fingerprint density at radius 1 is 0.422 bits per heavy atom. The second-order valence-corrected chi connectivity index (χ2v) is 32.8. The number of amides is 3. The van der Waals surface area contributed by atoms with E-state index >= 15 is 0 Å². The maximum Gasteiger partial charge on any atom is 0.494 e. The molecule has 7 aliphatic heterocycles. The number of likely N-dealkylation sites (tertiary alicyclic amines) is 3. The highest BCUT2D eigenvalue weighted by Crippen LogP contribution is 2.67. The molecule has 10 fully saturated rings. The third kappa shape index (κ3) is 17.3. The van der Waals surface area contributed by atoms with Crippen LogP contribution in [0.15, 0.2) is 132 Å². The minimum absolute atomic E-state index is 0.0102. The molecule has 3 amide bonds. The molecule has 3 aliphatic carbocycles. The third-order valence-electron chi connectivity index (χ3n) is 25.1. The van der Waals surface area contributed by atoms with Crippen LogP contribution in [0, 0.1) is 16.2 Å². The van der Waals surface area contributed by atoms with Gasteiger partial charge in [0.25, 0.3) is 37.0 Å². The van der Waals surface area contributed by atoms with Crippen molar-refractivity contribution >= 4 is 64.1 Å². The van der Waals surface area contributed by atoms with Gasteiger partial charge in [-0.1, -0.05) is 107 Å². The van der Waals surface area contributed by atoms with E-state index in [4.69, 9.17) is 28.6 Å². The second-order valence-electron chi connectivity index (χ2n) is 32.0. The number of piperidine rings is 3. The van der Waals surface area contributed by atoms with Crippen molar-refractivity contribution in [3.05, 3.63) is 182 Å². The standard InChI is InChI=1S/2C26H27F2NO4.C24H34BNO4.C8H5BrF2O2/c2*27-23(28)19-8-7-18(25(31)32)14-20(19)16-3-5-17(6-4-16)21-15-26(21)9-11-29(12-10-26)24(30)22-2-1-13-33-22;1-22(2)23(3,4)30-25(29-22)18-9-7-17(8-10-18)19-16-24(19)11-13-26(14-12-24)21(27)20-6-5-15-28-20;9-6-3-4(8(12)13)1-2-5(6)7(10)11/h2*3-8,14,21-23H,1-2,9-13,15H2,(H,31,32);7-10,19-20H,5-6,11-16H2,1-4H3;1-3,7H,(H,12,13)/t21-,22+;21-,22-;19?,20-;/m011./s1. The summed E-state index contributed by atoms with van der Waals surface area (Å²) in [6, 6.07) is 34.8. The number of carboxylic acid groups (broad SMARTS) is 3. The first kappa shape index (κ1) is 79.2. The lowest BCUT2D eigenvalue weighted by atomic mass is 9.78. The van der Waals surface area contributed by atoms with Crippen LogP contribution in [0.4, 0.5) is 26.3 Å². The van der Waals surface area contributed by atoms with E-state index in [1.54, 1.807) is 0 Å². The number of rotatable bonds is 15. The number of hydrogen-bond acceptors (Lipinski definition) is 11. The van der Waals surface area contributed by atoms with Gasteiger partial charge in [0, 0.05) is 80.3 Å². The number of halogens is 7. The van der Waals surface area contributed by atoms with Gasteiger partial charge in [-0.3, -0.25) is 14.4 Å². The van der Waals surface area contributed by atoms with Gasteiger partial charge in [-0.05, 0) is 239 Å². The molecule has 17 nitrogen and oxygen atoms in total. The number of carboxylic acids is 3. The molecule has 7 heterocycles.